The second kappa shape index (κ2) is 4.00. The van der Waals surface area contributed by atoms with Gasteiger partial charge in [0.2, 0.25) is 6.41 Å². The van der Waals surface area contributed by atoms with Crippen LogP contribution in [-0.4, -0.2) is 37.6 Å². The average Bonchev–Trinajstić information content (AvgIpc) is 2.68. The summed E-state index contributed by atoms with van der Waals surface area (Å²) in [4.78, 5) is 24.6. The van der Waals surface area contributed by atoms with Crippen molar-refractivity contribution in [1.82, 2.24) is 4.57 Å². The standard InChI is InChI=1S/C11H14N2O3/c1-12-5-3-4-8-9(12)6-10(11(15)16-2)13(8)7-14/h6-7H,3-5H2,1-2H3. The number of fused-ring (bicyclic) bond motifs is 1. The summed E-state index contributed by atoms with van der Waals surface area (Å²) in [6.45, 7) is 0.941. The minimum absolute atomic E-state index is 0.302. The second-order valence-electron chi connectivity index (χ2n) is 3.85. The molecule has 86 valence electrons. The van der Waals surface area contributed by atoms with Gasteiger partial charge < -0.3 is 9.64 Å². The predicted octanol–water partition coefficient (Wildman–Crippen LogP) is 0.695. The van der Waals surface area contributed by atoms with Gasteiger partial charge >= 0.3 is 5.97 Å². The first-order valence-electron chi connectivity index (χ1n) is 5.18. The molecule has 5 heteroatoms. The first kappa shape index (κ1) is 10.7. The molecule has 0 saturated carbocycles. The second-order valence-corrected chi connectivity index (χ2v) is 3.85. The Bertz CT molecular complexity index is 437. The Hall–Kier alpha value is -1.78. The van der Waals surface area contributed by atoms with Crippen molar-refractivity contribution < 1.29 is 14.3 Å². The van der Waals surface area contributed by atoms with Crippen LogP contribution in [-0.2, 0) is 16.0 Å². The molecule has 0 N–H and O–H groups in total. The highest BCUT2D eigenvalue weighted by atomic mass is 16.5. The third-order valence-corrected chi connectivity index (χ3v) is 2.94. The van der Waals surface area contributed by atoms with Crippen LogP contribution in [0.2, 0.25) is 0 Å². The highest BCUT2D eigenvalue weighted by molar-refractivity contribution is 5.92. The minimum atomic E-state index is -0.477. The maximum absolute atomic E-state index is 11.5. The van der Waals surface area contributed by atoms with E-state index in [9.17, 15) is 9.59 Å². The number of anilines is 1. The van der Waals surface area contributed by atoms with Crippen LogP contribution in [0.4, 0.5) is 5.69 Å². The smallest absolute Gasteiger partial charge is 0.355 e. The van der Waals surface area contributed by atoms with Crippen molar-refractivity contribution in [2.45, 2.75) is 12.8 Å². The maximum atomic E-state index is 11.5. The molecule has 0 bridgehead atoms. The van der Waals surface area contributed by atoms with Crippen molar-refractivity contribution in [2.75, 3.05) is 25.6 Å². The van der Waals surface area contributed by atoms with Crippen LogP contribution in [0.5, 0.6) is 0 Å². The number of carbonyl (C=O) groups excluding carboxylic acids is 2. The Labute approximate surface area is 93.6 Å². The third kappa shape index (κ3) is 1.48. The van der Waals surface area contributed by atoms with Crippen molar-refractivity contribution >= 4 is 18.1 Å². The van der Waals surface area contributed by atoms with Gasteiger partial charge in [-0.05, 0) is 18.9 Å². The quantitative estimate of drug-likeness (QED) is 0.546. The fourth-order valence-electron chi connectivity index (χ4n) is 2.12. The normalized spacial score (nSPS) is 14.5. The highest BCUT2D eigenvalue weighted by Crippen LogP contribution is 2.29. The third-order valence-electron chi connectivity index (χ3n) is 2.94. The molecular weight excluding hydrogens is 208 g/mol. The Kier molecular flexibility index (Phi) is 2.68. The van der Waals surface area contributed by atoms with E-state index in [1.54, 1.807) is 6.07 Å². The first-order chi connectivity index (χ1) is 7.69. The van der Waals surface area contributed by atoms with Crippen LogP contribution >= 0.6 is 0 Å². The van der Waals surface area contributed by atoms with E-state index in [1.165, 1.54) is 11.7 Å². The summed E-state index contributed by atoms with van der Waals surface area (Å²) in [5, 5.41) is 0. The molecule has 0 unspecified atom stereocenters. The zero-order valence-corrected chi connectivity index (χ0v) is 9.40. The molecule has 2 heterocycles. The van der Waals surface area contributed by atoms with Crippen molar-refractivity contribution in [3.63, 3.8) is 0 Å². The van der Waals surface area contributed by atoms with Crippen molar-refractivity contribution in [2.24, 2.45) is 0 Å². The van der Waals surface area contributed by atoms with Crippen molar-refractivity contribution in [1.29, 1.82) is 0 Å². The topological polar surface area (TPSA) is 51.5 Å². The summed E-state index contributed by atoms with van der Waals surface area (Å²) in [6.07, 6.45) is 2.47. The molecule has 1 aromatic heterocycles. The van der Waals surface area contributed by atoms with Gasteiger partial charge in [-0.2, -0.15) is 0 Å². The van der Waals surface area contributed by atoms with E-state index in [2.05, 4.69) is 4.74 Å². The summed E-state index contributed by atoms with van der Waals surface area (Å²) in [5.74, 6) is -0.477. The van der Waals surface area contributed by atoms with Gasteiger partial charge in [-0.1, -0.05) is 0 Å². The predicted molar refractivity (Wildman–Crippen MR) is 59.5 cm³/mol. The fraction of sp³-hybridized carbons (Fsp3) is 0.455. The SMILES string of the molecule is COC(=O)c1cc2c(n1C=O)CCCN2C. The zero-order chi connectivity index (χ0) is 11.7. The molecule has 0 spiro atoms. The maximum Gasteiger partial charge on any atom is 0.355 e. The van der Waals surface area contributed by atoms with Crippen molar-refractivity contribution in [3.8, 4) is 0 Å². The van der Waals surface area contributed by atoms with Gasteiger partial charge in [0.05, 0.1) is 12.8 Å². The minimum Gasteiger partial charge on any atom is -0.464 e. The van der Waals surface area contributed by atoms with Gasteiger partial charge in [-0.3, -0.25) is 9.36 Å². The summed E-state index contributed by atoms with van der Waals surface area (Å²) >= 11 is 0. The van der Waals surface area contributed by atoms with Gasteiger partial charge in [0.1, 0.15) is 5.69 Å². The van der Waals surface area contributed by atoms with Crippen LogP contribution in [0.1, 0.15) is 22.6 Å². The fourth-order valence-corrected chi connectivity index (χ4v) is 2.12. The number of ether oxygens (including phenoxy) is 1. The molecule has 16 heavy (non-hydrogen) atoms. The van der Waals surface area contributed by atoms with Crippen molar-refractivity contribution in [3.05, 3.63) is 17.5 Å². The average molecular weight is 222 g/mol. The van der Waals surface area contributed by atoms with Gasteiger partial charge in [0.25, 0.3) is 0 Å². The molecule has 0 aromatic carbocycles. The van der Waals surface area contributed by atoms with Crippen LogP contribution in [0.3, 0.4) is 0 Å². The van der Waals surface area contributed by atoms with E-state index in [4.69, 9.17) is 0 Å². The molecule has 1 aliphatic rings. The number of carbonyl (C=O) groups is 2. The summed E-state index contributed by atoms with van der Waals surface area (Å²) in [5.41, 5.74) is 2.14. The number of rotatable bonds is 2. The van der Waals surface area contributed by atoms with Gasteiger partial charge in [0.15, 0.2) is 0 Å². The Morgan fingerprint density at radius 1 is 1.56 bits per heavy atom. The molecule has 5 nitrogen and oxygen atoms in total. The van der Waals surface area contributed by atoms with Crippen LogP contribution < -0.4 is 4.90 Å². The Balaban J connectivity index is 2.55. The number of methoxy groups -OCH3 is 1. The number of nitrogens with zero attached hydrogens (tertiary/aromatic N) is 2. The van der Waals surface area contributed by atoms with E-state index >= 15 is 0 Å². The monoisotopic (exact) mass is 222 g/mol. The summed E-state index contributed by atoms with van der Waals surface area (Å²) in [7, 11) is 3.27. The zero-order valence-electron chi connectivity index (χ0n) is 9.40. The Morgan fingerprint density at radius 2 is 2.31 bits per heavy atom. The highest BCUT2D eigenvalue weighted by Gasteiger charge is 2.24. The molecule has 0 radical (unpaired) electrons. The molecule has 2 rings (SSSR count). The lowest BCUT2D eigenvalue weighted by Gasteiger charge is -2.24. The molecule has 0 atom stereocenters. The molecule has 1 aliphatic heterocycles. The lowest BCUT2D eigenvalue weighted by Crippen LogP contribution is -2.25. The number of esters is 1. The molecule has 0 amide bonds. The summed E-state index contributed by atoms with van der Waals surface area (Å²) in [6, 6.07) is 1.72. The van der Waals surface area contributed by atoms with Crippen LogP contribution in [0.25, 0.3) is 0 Å². The van der Waals surface area contributed by atoms with E-state index in [0.717, 1.165) is 30.8 Å². The molecule has 0 aliphatic carbocycles. The first-order valence-corrected chi connectivity index (χ1v) is 5.18. The molecule has 0 fully saturated rings. The van der Waals surface area contributed by atoms with Gasteiger partial charge in [0, 0.05) is 19.3 Å². The lowest BCUT2D eigenvalue weighted by molar-refractivity contribution is 0.0592. The molecular formula is C11H14N2O3. The van der Waals surface area contributed by atoms with E-state index < -0.39 is 5.97 Å². The number of aromatic nitrogens is 1. The molecule has 0 saturated heterocycles. The van der Waals surface area contributed by atoms with Crippen LogP contribution in [0.15, 0.2) is 6.07 Å². The van der Waals surface area contributed by atoms with Gasteiger partial charge in [-0.15, -0.1) is 0 Å². The number of hydrogen-bond donors (Lipinski definition) is 0. The summed E-state index contributed by atoms with van der Waals surface area (Å²) < 4.78 is 6.04. The Morgan fingerprint density at radius 3 is 2.94 bits per heavy atom. The van der Waals surface area contributed by atoms with Gasteiger partial charge in [-0.25, -0.2) is 4.79 Å². The van der Waals surface area contributed by atoms with E-state index in [0.29, 0.717) is 12.1 Å². The number of hydrogen-bond acceptors (Lipinski definition) is 4. The lowest BCUT2D eigenvalue weighted by atomic mass is 10.1. The largest absolute Gasteiger partial charge is 0.464 e. The van der Waals surface area contributed by atoms with E-state index in [-0.39, 0.29) is 0 Å². The molecule has 1 aromatic rings. The van der Waals surface area contributed by atoms with Crippen LogP contribution in [0, 0.1) is 0 Å². The van der Waals surface area contributed by atoms with E-state index in [1.807, 2.05) is 11.9 Å².